The molecule has 0 amide bonds. The Morgan fingerprint density at radius 1 is 1.44 bits per heavy atom. The highest BCUT2D eigenvalue weighted by atomic mass is 32.1. The van der Waals surface area contributed by atoms with Crippen LogP contribution >= 0.6 is 22.7 Å². The van der Waals surface area contributed by atoms with Gasteiger partial charge >= 0.3 is 0 Å². The van der Waals surface area contributed by atoms with Crippen molar-refractivity contribution in [2.75, 3.05) is 19.0 Å². The lowest BCUT2D eigenvalue weighted by atomic mass is 10.3. The van der Waals surface area contributed by atoms with E-state index in [1.807, 2.05) is 18.8 Å². The molecule has 1 atom stereocenters. The summed E-state index contributed by atoms with van der Waals surface area (Å²) >= 11 is 3.44. The third-order valence-corrected chi connectivity index (χ3v) is 5.14. The fourth-order valence-corrected chi connectivity index (χ4v) is 3.32. The molecule has 1 N–H and O–H groups in total. The predicted molar refractivity (Wildman–Crippen MR) is 78.5 cm³/mol. The van der Waals surface area contributed by atoms with Crippen LogP contribution in [-0.2, 0) is 6.54 Å². The Morgan fingerprint density at radius 3 is 2.83 bits per heavy atom. The fourth-order valence-electron chi connectivity index (χ4n) is 1.56. The standard InChI is InChI=1S/C12H18N4S2/c1-8(13-3)10-5-14-12(18-10)16(4)6-11-9(2)15-7-17-11/h5,7-8,13H,6H2,1-4H3. The molecular formula is C12H18N4S2. The normalized spacial score (nSPS) is 12.7. The van der Waals surface area contributed by atoms with E-state index in [0.29, 0.717) is 6.04 Å². The lowest BCUT2D eigenvalue weighted by molar-refractivity contribution is 0.662. The monoisotopic (exact) mass is 282 g/mol. The molecule has 0 spiro atoms. The Labute approximate surface area is 116 Å². The third kappa shape index (κ3) is 2.88. The first-order valence-electron chi connectivity index (χ1n) is 5.85. The number of aryl methyl sites for hydroxylation is 1. The molecule has 2 heterocycles. The van der Waals surface area contributed by atoms with E-state index in [1.54, 1.807) is 22.7 Å². The zero-order chi connectivity index (χ0) is 13.1. The molecular weight excluding hydrogens is 264 g/mol. The number of anilines is 1. The van der Waals surface area contributed by atoms with Crippen molar-refractivity contribution in [2.45, 2.75) is 26.4 Å². The summed E-state index contributed by atoms with van der Waals surface area (Å²) in [6.45, 7) is 5.07. The van der Waals surface area contributed by atoms with Crippen molar-refractivity contribution in [3.05, 3.63) is 27.2 Å². The SMILES string of the molecule is CNC(C)c1cnc(N(C)Cc2scnc2C)s1. The van der Waals surface area contributed by atoms with Crippen LogP contribution < -0.4 is 10.2 Å². The molecule has 18 heavy (non-hydrogen) atoms. The van der Waals surface area contributed by atoms with Crippen LogP contribution in [0.5, 0.6) is 0 Å². The number of rotatable bonds is 5. The highest BCUT2D eigenvalue weighted by molar-refractivity contribution is 7.15. The van der Waals surface area contributed by atoms with Crippen LogP contribution in [0.2, 0.25) is 0 Å². The summed E-state index contributed by atoms with van der Waals surface area (Å²) in [4.78, 5) is 13.5. The van der Waals surface area contributed by atoms with Gasteiger partial charge in [-0.3, -0.25) is 0 Å². The molecule has 0 saturated heterocycles. The second-order valence-corrected chi connectivity index (χ2v) is 6.25. The molecule has 2 aromatic heterocycles. The summed E-state index contributed by atoms with van der Waals surface area (Å²) in [5.74, 6) is 0. The third-order valence-electron chi connectivity index (χ3n) is 2.92. The van der Waals surface area contributed by atoms with E-state index in [9.17, 15) is 0 Å². The highest BCUT2D eigenvalue weighted by Gasteiger charge is 2.12. The van der Waals surface area contributed by atoms with E-state index in [0.717, 1.165) is 17.4 Å². The summed E-state index contributed by atoms with van der Waals surface area (Å²) in [6.07, 6.45) is 1.96. The highest BCUT2D eigenvalue weighted by Crippen LogP contribution is 2.27. The summed E-state index contributed by atoms with van der Waals surface area (Å²) in [5, 5.41) is 4.29. The maximum atomic E-state index is 4.48. The van der Waals surface area contributed by atoms with E-state index in [2.05, 4.69) is 41.1 Å². The Bertz CT molecular complexity index is 506. The van der Waals surface area contributed by atoms with Crippen LogP contribution in [0, 0.1) is 6.92 Å². The number of thiazole rings is 2. The summed E-state index contributed by atoms with van der Waals surface area (Å²) in [7, 11) is 4.04. The van der Waals surface area contributed by atoms with Crippen molar-refractivity contribution in [3.8, 4) is 0 Å². The summed E-state index contributed by atoms with van der Waals surface area (Å²) < 4.78 is 0. The molecule has 0 aliphatic carbocycles. The molecule has 0 bridgehead atoms. The van der Waals surface area contributed by atoms with Gasteiger partial charge in [0.1, 0.15) is 0 Å². The minimum atomic E-state index is 0.356. The van der Waals surface area contributed by atoms with Crippen LogP contribution in [0.4, 0.5) is 5.13 Å². The Kier molecular flexibility index (Phi) is 4.31. The van der Waals surface area contributed by atoms with Crippen LogP contribution in [0.15, 0.2) is 11.7 Å². The van der Waals surface area contributed by atoms with Gasteiger partial charge in [-0.1, -0.05) is 0 Å². The minimum Gasteiger partial charge on any atom is -0.346 e. The molecule has 0 aliphatic rings. The van der Waals surface area contributed by atoms with Gasteiger partial charge in [-0.2, -0.15) is 0 Å². The average molecular weight is 282 g/mol. The van der Waals surface area contributed by atoms with Crippen molar-refractivity contribution < 1.29 is 0 Å². The number of nitrogens with zero attached hydrogens (tertiary/aromatic N) is 3. The molecule has 0 saturated carbocycles. The van der Waals surface area contributed by atoms with Gasteiger partial charge in [-0.25, -0.2) is 9.97 Å². The van der Waals surface area contributed by atoms with E-state index in [4.69, 9.17) is 0 Å². The first kappa shape index (κ1) is 13.5. The van der Waals surface area contributed by atoms with Crippen LogP contribution in [0.25, 0.3) is 0 Å². The van der Waals surface area contributed by atoms with E-state index in [-0.39, 0.29) is 0 Å². The van der Waals surface area contributed by atoms with Gasteiger partial charge in [0.2, 0.25) is 0 Å². The molecule has 2 rings (SSSR count). The fraction of sp³-hybridized carbons (Fsp3) is 0.500. The largest absolute Gasteiger partial charge is 0.346 e. The van der Waals surface area contributed by atoms with Gasteiger partial charge in [0.15, 0.2) is 5.13 Å². The Hall–Kier alpha value is -0.980. The number of hydrogen-bond acceptors (Lipinski definition) is 6. The summed E-state index contributed by atoms with van der Waals surface area (Å²) in [5.41, 5.74) is 3.02. The maximum Gasteiger partial charge on any atom is 0.185 e. The van der Waals surface area contributed by atoms with Gasteiger partial charge in [0.25, 0.3) is 0 Å². The van der Waals surface area contributed by atoms with Crippen LogP contribution in [0.3, 0.4) is 0 Å². The quantitative estimate of drug-likeness (QED) is 0.915. The lowest BCUT2D eigenvalue weighted by Crippen LogP contribution is -2.15. The van der Waals surface area contributed by atoms with Crippen molar-refractivity contribution >= 4 is 27.8 Å². The molecule has 0 fully saturated rings. The van der Waals surface area contributed by atoms with Gasteiger partial charge in [0.05, 0.1) is 17.7 Å². The van der Waals surface area contributed by atoms with Crippen LogP contribution in [0.1, 0.15) is 28.4 Å². The van der Waals surface area contributed by atoms with Gasteiger partial charge in [-0.05, 0) is 20.9 Å². The van der Waals surface area contributed by atoms with Gasteiger partial charge < -0.3 is 10.2 Å². The molecule has 0 aliphatic heterocycles. The molecule has 98 valence electrons. The molecule has 6 heteroatoms. The smallest absolute Gasteiger partial charge is 0.185 e. The molecule has 4 nitrogen and oxygen atoms in total. The van der Waals surface area contributed by atoms with Crippen LogP contribution in [-0.4, -0.2) is 24.1 Å². The van der Waals surface area contributed by atoms with Crippen molar-refractivity contribution in [1.82, 2.24) is 15.3 Å². The summed E-state index contributed by atoms with van der Waals surface area (Å²) in [6, 6.07) is 0.356. The van der Waals surface area contributed by atoms with E-state index >= 15 is 0 Å². The van der Waals surface area contributed by atoms with Crippen molar-refractivity contribution in [2.24, 2.45) is 0 Å². The average Bonchev–Trinajstić information content (AvgIpc) is 2.98. The maximum absolute atomic E-state index is 4.48. The van der Waals surface area contributed by atoms with E-state index in [1.165, 1.54) is 9.75 Å². The number of hydrogen-bond donors (Lipinski definition) is 1. The number of aromatic nitrogens is 2. The first-order chi connectivity index (χ1) is 8.61. The van der Waals surface area contributed by atoms with Crippen molar-refractivity contribution in [3.63, 3.8) is 0 Å². The van der Waals surface area contributed by atoms with Gasteiger partial charge in [0, 0.05) is 29.0 Å². The topological polar surface area (TPSA) is 41.1 Å². The predicted octanol–water partition coefficient (Wildman–Crippen LogP) is 2.82. The molecule has 0 aromatic carbocycles. The molecule has 1 unspecified atom stereocenters. The Balaban J connectivity index is 2.07. The van der Waals surface area contributed by atoms with E-state index < -0.39 is 0 Å². The first-order valence-corrected chi connectivity index (χ1v) is 7.54. The lowest BCUT2D eigenvalue weighted by Gasteiger charge is -2.14. The van der Waals surface area contributed by atoms with Gasteiger partial charge in [-0.15, -0.1) is 22.7 Å². The molecule has 0 radical (unpaired) electrons. The number of nitrogens with one attached hydrogen (secondary N) is 1. The minimum absolute atomic E-state index is 0.356. The zero-order valence-electron chi connectivity index (χ0n) is 11.1. The zero-order valence-corrected chi connectivity index (χ0v) is 12.7. The molecule has 2 aromatic rings. The Morgan fingerprint density at radius 2 is 2.22 bits per heavy atom. The van der Waals surface area contributed by atoms with Crippen molar-refractivity contribution in [1.29, 1.82) is 0 Å². The second-order valence-electron chi connectivity index (χ2n) is 4.27. The second kappa shape index (κ2) is 5.77.